The molecule has 0 aromatic heterocycles. The zero-order valence-electron chi connectivity index (χ0n) is 17.8. The molecule has 0 saturated carbocycles. The van der Waals surface area contributed by atoms with E-state index in [1.54, 1.807) is 18.2 Å². The van der Waals surface area contributed by atoms with Crippen LogP contribution in [0.15, 0.2) is 41.3 Å². The number of benzene rings is 2. The summed E-state index contributed by atoms with van der Waals surface area (Å²) in [7, 11) is 1.29. The molecule has 2 aromatic rings. The Kier molecular flexibility index (Phi) is 8.19. The second-order valence-electron chi connectivity index (χ2n) is 6.82. The molecule has 0 radical (unpaired) electrons. The molecule has 32 heavy (non-hydrogen) atoms. The summed E-state index contributed by atoms with van der Waals surface area (Å²) in [6, 6.07) is 11.2. The summed E-state index contributed by atoms with van der Waals surface area (Å²) in [5.74, 6) is 0.0215. The van der Waals surface area contributed by atoms with E-state index in [-0.39, 0.29) is 24.3 Å². The summed E-state index contributed by atoms with van der Waals surface area (Å²) >= 11 is 2.98. The molecule has 0 aliphatic carbocycles. The lowest BCUT2D eigenvalue weighted by molar-refractivity contribution is -0.143. The van der Waals surface area contributed by atoms with Crippen LogP contribution in [0.2, 0.25) is 0 Å². The fraction of sp³-hybridized carbons (Fsp3) is 0.261. The largest absolute Gasteiger partial charge is 0.490 e. The second-order valence-corrected chi connectivity index (χ2v) is 8.98. The Labute approximate surface area is 204 Å². The lowest BCUT2D eigenvalue weighted by atomic mass is 10.1. The number of methoxy groups -OCH3 is 1. The van der Waals surface area contributed by atoms with Crippen LogP contribution in [0.1, 0.15) is 23.6 Å². The van der Waals surface area contributed by atoms with Crippen molar-refractivity contribution in [3.8, 4) is 11.5 Å². The third kappa shape index (κ3) is 5.63. The molecule has 1 fully saturated rings. The van der Waals surface area contributed by atoms with E-state index in [9.17, 15) is 14.4 Å². The van der Waals surface area contributed by atoms with Crippen molar-refractivity contribution < 1.29 is 28.6 Å². The number of carbonyl (C=O) groups is 3. The number of thioether (sulfide) groups is 1. The first-order valence-corrected chi connectivity index (χ1v) is 11.7. The summed E-state index contributed by atoms with van der Waals surface area (Å²) in [4.78, 5) is 38.4. The molecular formula is C23H22INO6S. The Morgan fingerprint density at radius 2 is 1.94 bits per heavy atom. The highest BCUT2D eigenvalue weighted by molar-refractivity contribution is 14.1. The summed E-state index contributed by atoms with van der Waals surface area (Å²) < 4.78 is 16.5. The maximum absolute atomic E-state index is 12.9. The van der Waals surface area contributed by atoms with E-state index in [0.717, 1.165) is 22.9 Å². The molecule has 7 nitrogen and oxygen atoms in total. The Bertz CT molecular complexity index is 1080. The molecule has 0 unspecified atom stereocenters. The lowest BCUT2D eigenvalue weighted by Crippen LogP contribution is -2.27. The van der Waals surface area contributed by atoms with Gasteiger partial charge in [0.05, 0.1) is 28.7 Å². The number of rotatable bonds is 8. The first-order chi connectivity index (χ1) is 15.3. The highest BCUT2D eigenvalue weighted by Gasteiger charge is 2.35. The third-order valence-corrected chi connectivity index (χ3v) is 6.36. The Balaban J connectivity index is 1.85. The van der Waals surface area contributed by atoms with Crippen molar-refractivity contribution in [1.29, 1.82) is 0 Å². The molecule has 1 aliphatic rings. The molecule has 0 atom stereocenters. The van der Waals surface area contributed by atoms with Gasteiger partial charge in [0.25, 0.3) is 11.1 Å². The predicted molar refractivity (Wildman–Crippen MR) is 131 cm³/mol. The van der Waals surface area contributed by atoms with Gasteiger partial charge in [-0.3, -0.25) is 14.5 Å². The highest BCUT2D eigenvalue weighted by atomic mass is 127. The van der Waals surface area contributed by atoms with Gasteiger partial charge in [0.2, 0.25) is 0 Å². The fourth-order valence-corrected chi connectivity index (χ4v) is 4.63. The number of ether oxygens (including phenoxy) is 3. The van der Waals surface area contributed by atoms with E-state index in [4.69, 9.17) is 9.47 Å². The molecule has 2 aromatic carbocycles. The number of halogens is 1. The van der Waals surface area contributed by atoms with Gasteiger partial charge in [0.1, 0.15) is 0 Å². The third-order valence-electron chi connectivity index (χ3n) is 4.65. The van der Waals surface area contributed by atoms with E-state index in [0.29, 0.717) is 32.1 Å². The zero-order chi connectivity index (χ0) is 23.3. The van der Waals surface area contributed by atoms with Crippen LogP contribution in [-0.2, 0) is 20.9 Å². The maximum Gasteiger partial charge on any atom is 0.343 e. The van der Waals surface area contributed by atoms with Gasteiger partial charge in [-0.2, -0.15) is 0 Å². The molecule has 2 amide bonds. The number of nitrogens with zero attached hydrogens (tertiary/aromatic N) is 1. The Morgan fingerprint density at radius 3 is 2.62 bits per heavy atom. The SMILES string of the molecule is CCOc1cc(/C=C2\SC(=O)N(Cc3ccccc3C)C2=O)cc(I)c1OCC(=O)OC. The Hall–Kier alpha value is -2.53. The molecule has 3 rings (SSSR count). The lowest BCUT2D eigenvalue weighted by Gasteiger charge is -2.15. The van der Waals surface area contributed by atoms with Crippen molar-refractivity contribution in [2.24, 2.45) is 0 Å². The van der Waals surface area contributed by atoms with Crippen molar-refractivity contribution >= 4 is 57.5 Å². The summed E-state index contributed by atoms with van der Waals surface area (Å²) in [6.07, 6.45) is 1.66. The first-order valence-electron chi connectivity index (χ1n) is 9.79. The first kappa shape index (κ1) is 24.1. The number of imide groups is 1. The van der Waals surface area contributed by atoms with Gasteiger partial charge in [-0.25, -0.2) is 4.79 Å². The van der Waals surface area contributed by atoms with E-state index in [2.05, 4.69) is 27.3 Å². The number of hydrogen-bond donors (Lipinski definition) is 0. The van der Waals surface area contributed by atoms with Crippen LogP contribution in [0.4, 0.5) is 4.79 Å². The van der Waals surface area contributed by atoms with Crippen molar-refractivity contribution in [3.63, 3.8) is 0 Å². The number of hydrogen-bond acceptors (Lipinski definition) is 7. The van der Waals surface area contributed by atoms with Gasteiger partial charge in [0, 0.05) is 0 Å². The molecule has 0 bridgehead atoms. The van der Waals surface area contributed by atoms with Crippen molar-refractivity contribution in [3.05, 3.63) is 61.6 Å². The van der Waals surface area contributed by atoms with Crippen molar-refractivity contribution in [2.45, 2.75) is 20.4 Å². The predicted octanol–water partition coefficient (Wildman–Crippen LogP) is 4.79. The van der Waals surface area contributed by atoms with Crippen molar-refractivity contribution in [2.75, 3.05) is 20.3 Å². The van der Waals surface area contributed by atoms with E-state index < -0.39 is 5.97 Å². The van der Waals surface area contributed by atoms with Crippen LogP contribution < -0.4 is 9.47 Å². The number of carbonyl (C=O) groups excluding carboxylic acids is 3. The van der Waals surface area contributed by atoms with Crippen LogP contribution in [0, 0.1) is 10.5 Å². The average molecular weight is 567 g/mol. The molecule has 1 saturated heterocycles. The average Bonchev–Trinajstić information content (AvgIpc) is 3.02. The topological polar surface area (TPSA) is 82.1 Å². The molecule has 1 aliphatic heterocycles. The summed E-state index contributed by atoms with van der Waals surface area (Å²) in [5, 5.41) is -0.303. The van der Waals surface area contributed by atoms with Gasteiger partial charge in [-0.15, -0.1) is 0 Å². The molecule has 0 N–H and O–H groups in total. The van der Waals surface area contributed by atoms with Crippen LogP contribution in [0.3, 0.4) is 0 Å². The molecule has 9 heteroatoms. The molecule has 1 heterocycles. The van der Waals surface area contributed by atoms with Gasteiger partial charge >= 0.3 is 5.97 Å². The Morgan fingerprint density at radius 1 is 1.19 bits per heavy atom. The second kappa shape index (κ2) is 10.9. The molecular weight excluding hydrogens is 545 g/mol. The van der Waals surface area contributed by atoms with Crippen LogP contribution in [0.5, 0.6) is 11.5 Å². The van der Waals surface area contributed by atoms with E-state index in [1.807, 2.05) is 38.1 Å². The summed E-state index contributed by atoms with van der Waals surface area (Å²) in [5.41, 5.74) is 2.63. The van der Waals surface area contributed by atoms with Gasteiger partial charge in [-0.05, 0) is 83.1 Å². The van der Waals surface area contributed by atoms with Crippen LogP contribution >= 0.6 is 34.4 Å². The van der Waals surface area contributed by atoms with Crippen LogP contribution in [-0.4, -0.2) is 42.3 Å². The standard InChI is InChI=1S/C23H22INO6S/c1-4-30-18-10-15(9-17(24)21(18)31-13-20(26)29-3)11-19-22(27)25(23(28)32-19)12-16-8-6-5-7-14(16)2/h5-11H,4,12-13H2,1-3H3/b19-11-. The van der Waals surface area contributed by atoms with Crippen molar-refractivity contribution in [1.82, 2.24) is 4.90 Å². The van der Waals surface area contributed by atoms with Gasteiger partial charge in [-0.1, -0.05) is 24.3 Å². The quantitative estimate of drug-likeness (QED) is 0.258. The number of amides is 2. The minimum atomic E-state index is -0.505. The summed E-state index contributed by atoms with van der Waals surface area (Å²) in [6.45, 7) is 4.16. The minimum Gasteiger partial charge on any atom is -0.490 e. The highest BCUT2D eigenvalue weighted by Crippen LogP contribution is 2.38. The van der Waals surface area contributed by atoms with Crippen LogP contribution in [0.25, 0.3) is 6.08 Å². The van der Waals surface area contributed by atoms with Gasteiger partial charge < -0.3 is 14.2 Å². The van der Waals surface area contributed by atoms with E-state index >= 15 is 0 Å². The van der Waals surface area contributed by atoms with E-state index in [1.165, 1.54) is 12.0 Å². The maximum atomic E-state index is 12.9. The molecule has 0 spiro atoms. The van der Waals surface area contributed by atoms with Gasteiger partial charge in [0.15, 0.2) is 18.1 Å². The normalized spacial score (nSPS) is 14.8. The molecule has 168 valence electrons. The smallest absolute Gasteiger partial charge is 0.343 e. The number of esters is 1. The monoisotopic (exact) mass is 567 g/mol. The fourth-order valence-electron chi connectivity index (χ4n) is 3.01. The zero-order valence-corrected chi connectivity index (χ0v) is 20.8. The number of aryl methyl sites for hydroxylation is 1. The minimum absolute atomic E-state index is 0.233.